The van der Waals surface area contributed by atoms with Crippen molar-refractivity contribution in [2.75, 3.05) is 37.5 Å². The van der Waals surface area contributed by atoms with Crippen LogP contribution in [0.3, 0.4) is 0 Å². The quantitative estimate of drug-likeness (QED) is 0.576. The van der Waals surface area contributed by atoms with E-state index in [2.05, 4.69) is 20.4 Å². The zero-order chi connectivity index (χ0) is 23.2. The van der Waals surface area contributed by atoms with E-state index < -0.39 is 5.97 Å². The number of para-hydroxylation sites is 2. The number of methoxy groups -OCH3 is 2. The average Bonchev–Trinajstić information content (AvgIpc) is 2.88. The molecule has 0 spiro atoms. The third-order valence-electron chi connectivity index (χ3n) is 5.81. The Bertz CT molecular complexity index is 1130. The number of rotatable bonds is 6. The maximum absolute atomic E-state index is 12.8. The number of benzene rings is 2. The lowest BCUT2D eigenvalue weighted by molar-refractivity contribution is -0.120. The summed E-state index contributed by atoms with van der Waals surface area (Å²) >= 11 is 0. The summed E-state index contributed by atoms with van der Waals surface area (Å²) in [4.78, 5) is 26.9. The summed E-state index contributed by atoms with van der Waals surface area (Å²) in [6.45, 7) is 1.39. The molecule has 0 aliphatic carbocycles. The lowest BCUT2D eigenvalue weighted by atomic mass is 9.95. The molecule has 1 aliphatic heterocycles. The first-order chi connectivity index (χ1) is 16.1. The van der Waals surface area contributed by atoms with Gasteiger partial charge in [-0.25, -0.2) is 4.79 Å². The van der Waals surface area contributed by atoms with Gasteiger partial charge in [0, 0.05) is 24.6 Å². The molecule has 0 saturated carbocycles. The number of nitrogens with one attached hydrogen (secondary N) is 1. The zero-order valence-electron chi connectivity index (χ0n) is 18.7. The number of ether oxygens (including phenoxy) is 2. The van der Waals surface area contributed by atoms with E-state index in [-0.39, 0.29) is 11.8 Å². The molecule has 8 nitrogen and oxygen atoms in total. The molecule has 4 rings (SSSR count). The van der Waals surface area contributed by atoms with Crippen molar-refractivity contribution in [2.24, 2.45) is 5.92 Å². The van der Waals surface area contributed by atoms with Crippen LogP contribution in [-0.2, 0) is 9.53 Å². The Labute approximate surface area is 192 Å². The number of aromatic nitrogens is 2. The average molecular weight is 447 g/mol. The van der Waals surface area contributed by atoms with Crippen LogP contribution in [0.25, 0.3) is 11.3 Å². The van der Waals surface area contributed by atoms with Crippen molar-refractivity contribution in [3.05, 3.63) is 66.2 Å². The third-order valence-corrected chi connectivity index (χ3v) is 5.81. The number of carbonyl (C=O) groups is 2. The molecule has 1 aliphatic rings. The molecular formula is C25H26N4O4. The van der Waals surface area contributed by atoms with E-state index in [0.717, 1.165) is 22.8 Å². The van der Waals surface area contributed by atoms with Crippen molar-refractivity contribution in [2.45, 2.75) is 12.8 Å². The molecule has 0 radical (unpaired) electrons. The van der Waals surface area contributed by atoms with E-state index in [1.54, 1.807) is 31.4 Å². The van der Waals surface area contributed by atoms with Gasteiger partial charge in [-0.1, -0.05) is 24.3 Å². The molecule has 1 saturated heterocycles. The van der Waals surface area contributed by atoms with Crippen molar-refractivity contribution in [3.63, 3.8) is 0 Å². The smallest absolute Gasteiger partial charge is 0.339 e. The largest absolute Gasteiger partial charge is 0.496 e. The Hall–Kier alpha value is -3.94. The van der Waals surface area contributed by atoms with Gasteiger partial charge >= 0.3 is 5.97 Å². The van der Waals surface area contributed by atoms with Gasteiger partial charge in [-0.2, -0.15) is 0 Å². The van der Waals surface area contributed by atoms with Crippen molar-refractivity contribution < 1.29 is 19.1 Å². The molecule has 0 unspecified atom stereocenters. The maximum atomic E-state index is 12.8. The van der Waals surface area contributed by atoms with Crippen LogP contribution in [-0.4, -0.2) is 49.4 Å². The highest BCUT2D eigenvalue weighted by atomic mass is 16.5. The predicted octanol–water partition coefficient (Wildman–Crippen LogP) is 3.79. The Morgan fingerprint density at radius 1 is 0.939 bits per heavy atom. The first-order valence-electron chi connectivity index (χ1n) is 10.8. The molecule has 8 heteroatoms. The fourth-order valence-electron chi connectivity index (χ4n) is 3.98. The number of carbonyl (C=O) groups excluding carboxylic acids is 2. The fraction of sp³-hybridized carbons (Fsp3) is 0.280. The lowest BCUT2D eigenvalue weighted by Gasteiger charge is -2.32. The van der Waals surface area contributed by atoms with Crippen LogP contribution >= 0.6 is 0 Å². The fourth-order valence-corrected chi connectivity index (χ4v) is 3.98. The summed E-state index contributed by atoms with van der Waals surface area (Å²) in [7, 11) is 2.96. The summed E-state index contributed by atoms with van der Waals surface area (Å²) < 4.78 is 10.2. The Morgan fingerprint density at radius 3 is 2.36 bits per heavy atom. The monoisotopic (exact) mass is 446 g/mol. The van der Waals surface area contributed by atoms with Gasteiger partial charge in [0.25, 0.3) is 0 Å². The normalized spacial score (nSPS) is 13.9. The van der Waals surface area contributed by atoms with E-state index in [1.165, 1.54) is 7.11 Å². The summed E-state index contributed by atoms with van der Waals surface area (Å²) in [6.07, 6.45) is 1.37. The standard InChI is InChI=1S/C25H26N4O4/c1-32-22-10-6-4-7-18(22)21-11-12-23(28-27-21)29-15-13-17(14-16-29)24(30)26-20-9-5-3-8-19(20)25(31)33-2/h3-12,17H,13-16H2,1-2H3,(H,26,30). The second-order valence-electron chi connectivity index (χ2n) is 7.76. The molecule has 2 aromatic carbocycles. The predicted molar refractivity (Wildman–Crippen MR) is 125 cm³/mol. The number of esters is 1. The van der Waals surface area contributed by atoms with Gasteiger partial charge in [0.15, 0.2) is 5.82 Å². The second-order valence-corrected chi connectivity index (χ2v) is 7.76. The van der Waals surface area contributed by atoms with E-state index >= 15 is 0 Å². The highest BCUT2D eigenvalue weighted by Gasteiger charge is 2.27. The van der Waals surface area contributed by atoms with Crippen molar-refractivity contribution >= 4 is 23.4 Å². The van der Waals surface area contributed by atoms with E-state index in [9.17, 15) is 9.59 Å². The highest BCUT2D eigenvalue weighted by Crippen LogP contribution is 2.29. The molecule has 3 aromatic rings. The van der Waals surface area contributed by atoms with Gasteiger partial charge in [-0.3, -0.25) is 4.79 Å². The Balaban J connectivity index is 1.37. The number of hydrogen-bond donors (Lipinski definition) is 1. The molecule has 0 bridgehead atoms. The summed E-state index contributed by atoms with van der Waals surface area (Å²) in [5.74, 6) is 0.816. The van der Waals surface area contributed by atoms with Gasteiger partial charge < -0.3 is 19.7 Å². The van der Waals surface area contributed by atoms with Crippen LogP contribution in [0.2, 0.25) is 0 Å². The third kappa shape index (κ3) is 4.95. The van der Waals surface area contributed by atoms with Crippen LogP contribution in [0.4, 0.5) is 11.5 Å². The molecule has 170 valence electrons. The minimum atomic E-state index is -0.476. The minimum absolute atomic E-state index is 0.0939. The number of amides is 1. The van der Waals surface area contributed by atoms with Crippen LogP contribution in [0.1, 0.15) is 23.2 Å². The van der Waals surface area contributed by atoms with E-state index in [1.807, 2.05) is 36.4 Å². The van der Waals surface area contributed by atoms with E-state index in [4.69, 9.17) is 9.47 Å². The summed E-state index contributed by atoms with van der Waals surface area (Å²) in [5.41, 5.74) is 2.45. The van der Waals surface area contributed by atoms with Gasteiger partial charge in [0.05, 0.1) is 31.2 Å². The maximum Gasteiger partial charge on any atom is 0.339 e. The topological polar surface area (TPSA) is 93.7 Å². The van der Waals surface area contributed by atoms with Crippen molar-refractivity contribution in [1.82, 2.24) is 10.2 Å². The SMILES string of the molecule is COC(=O)c1ccccc1NC(=O)C1CCN(c2ccc(-c3ccccc3OC)nn2)CC1. The summed E-state index contributed by atoms with van der Waals surface area (Å²) in [5, 5.41) is 11.7. The molecule has 1 aromatic heterocycles. The Morgan fingerprint density at radius 2 is 1.67 bits per heavy atom. The number of hydrogen-bond acceptors (Lipinski definition) is 7. The van der Waals surface area contributed by atoms with Gasteiger partial charge in [-0.15, -0.1) is 10.2 Å². The molecule has 1 amide bonds. The molecule has 33 heavy (non-hydrogen) atoms. The number of anilines is 2. The molecule has 2 heterocycles. The number of nitrogens with zero attached hydrogens (tertiary/aromatic N) is 3. The second kappa shape index (κ2) is 10.1. The zero-order valence-corrected chi connectivity index (χ0v) is 18.7. The van der Waals surface area contributed by atoms with Gasteiger partial charge in [0.2, 0.25) is 5.91 Å². The molecular weight excluding hydrogens is 420 g/mol. The van der Waals surface area contributed by atoms with Gasteiger partial charge in [-0.05, 0) is 49.2 Å². The van der Waals surface area contributed by atoms with Gasteiger partial charge in [0.1, 0.15) is 5.75 Å². The van der Waals surface area contributed by atoms with Crippen molar-refractivity contribution in [3.8, 4) is 17.0 Å². The molecule has 1 fully saturated rings. The Kier molecular flexibility index (Phi) is 6.83. The van der Waals surface area contributed by atoms with Crippen molar-refractivity contribution in [1.29, 1.82) is 0 Å². The van der Waals surface area contributed by atoms with Crippen LogP contribution in [0, 0.1) is 5.92 Å². The molecule has 0 atom stereocenters. The lowest BCUT2D eigenvalue weighted by Crippen LogP contribution is -2.38. The highest BCUT2D eigenvalue weighted by molar-refractivity contribution is 6.01. The first kappa shape index (κ1) is 22.3. The van der Waals surface area contributed by atoms with Crippen LogP contribution < -0.4 is 15.0 Å². The summed E-state index contributed by atoms with van der Waals surface area (Å²) in [6, 6.07) is 18.4. The van der Waals surface area contributed by atoms with E-state index in [0.29, 0.717) is 37.2 Å². The van der Waals surface area contributed by atoms with Crippen LogP contribution in [0.5, 0.6) is 5.75 Å². The minimum Gasteiger partial charge on any atom is -0.496 e. The first-order valence-corrected chi connectivity index (χ1v) is 10.8. The molecule has 1 N–H and O–H groups in total. The number of piperidine rings is 1. The van der Waals surface area contributed by atoms with Crippen LogP contribution in [0.15, 0.2) is 60.7 Å².